The van der Waals surface area contributed by atoms with Crippen molar-refractivity contribution < 1.29 is 26.7 Å². The Kier molecular flexibility index (Phi) is 4.56. The van der Waals surface area contributed by atoms with Crippen LogP contribution in [0.2, 0.25) is 0 Å². The third-order valence-electron chi connectivity index (χ3n) is 4.85. The average molecular weight is 422 g/mol. The summed E-state index contributed by atoms with van der Waals surface area (Å²) in [4.78, 5) is 15.1. The molecule has 0 saturated heterocycles. The lowest BCUT2D eigenvalue weighted by molar-refractivity contribution is -0.289. The van der Waals surface area contributed by atoms with Gasteiger partial charge < -0.3 is 14.3 Å². The molecule has 2 heterocycles. The normalized spacial score (nSPS) is 12.6. The summed E-state index contributed by atoms with van der Waals surface area (Å²) in [6.45, 7) is -0.00121. The molecule has 0 aliphatic heterocycles. The summed E-state index contributed by atoms with van der Waals surface area (Å²) in [6, 6.07) is 13.4. The zero-order valence-electron chi connectivity index (χ0n) is 15.6. The van der Waals surface area contributed by atoms with E-state index in [-0.39, 0.29) is 11.3 Å². The fraction of sp³-hybridized carbons (Fsp3) is 0.190. The second kappa shape index (κ2) is 6.86. The lowest BCUT2D eigenvalue weighted by Crippen LogP contribution is -2.41. The predicted octanol–water partition coefficient (Wildman–Crippen LogP) is 5.36. The lowest BCUT2D eigenvalue weighted by atomic mass is 10.1. The summed E-state index contributed by atoms with van der Waals surface area (Å²) in [5.74, 6) is -5.30. The van der Waals surface area contributed by atoms with Crippen LogP contribution in [-0.2, 0) is 0 Å². The Labute approximate surface area is 166 Å². The molecule has 0 radical (unpaired) electrons. The number of fused-ring (bicyclic) bond motifs is 3. The lowest BCUT2D eigenvalue weighted by Gasteiger charge is -2.20. The zero-order valence-corrected chi connectivity index (χ0v) is 15.6. The van der Waals surface area contributed by atoms with Crippen molar-refractivity contribution in [1.29, 1.82) is 0 Å². The van der Waals surface area contributed by atoms with Gasteiger partial charge in [0.05, 0.1) is 16.4 Å². The molecule has 0 bridgehead atoms. The van der Waals surface area contributed by atoms with E-state index in [1.807, 2.05) is 31.2 Å². The van der Waals surface area contributed by atoms with Crippen LogP contribution in [0, 0.1) is 6.92 Å². The highest BCUT2D eigenvalue weighted by Gasteiger charge is 2.58. The van der Waals surface area contributed by atoms with Gasteiger partial charge in [0.2, 0.25) is 0 Å². The van der Waals surface area contributed by atoms with Crippen LogP contribution in [0.5, 0.6) is 5.75 Å². The average Bonchev–Trinajstić information content (AvgIpc) is 3.12. The molecule has 4 aromatic rings. The Morgan fingerprint density at radius 3 is 2.40 bits per heavy atom. The quantitative estimate of drug-likeness (QED) is 0.451. The first-order valence-corrected chi connectivity index (χ1v) is 8.89. The van der Waals surface area contributed by atoms with Crippen LogP contribution in [0.1, 0.15) is 5.56 Å². The Hall–Kier alpha value is -3.36. The molecule has 2 aromatic heterocycles. The minimum atomic E-state index is -5.74. The third-order valence-corrected chi connectivity index (χ3v) is 4.85. The Morgan fingerprint density at radius 1 is 0.967 bits per heavy atom. The maximum atomic E-state index is 13.3. The van der Waals surface area contributed by atoms with Crippen LogP contribution >= 0.6 is 0 Å². The summed E-state index contributed by atoms with van der Waals surface area (Å²) in [5.41, 5.74) is 1.76. The fourth-order valence-corrected chi connectivity index (χ4v) is 3.33. The number of benzene rings is 2. The molecule has 156 valence electrons. The molecule has 30 heavy (non-hydrogen) atoms. The van der Waals surface area contributed by atoms with E-state index in [4.69, 9.17) is 4.74 Å². The molecule has 0 aliphatic carbocycles. The Morgan fingerprint density at radius 2 is 1.70 bits per heavy atom. The molecule has 4 rings (SSSR count). The number of ether oxygens (including phenoxy) is 1. The first-order valence-electron chi connectivity index (χ1n) is 8.89. The van der Waals surface area contributed by atoms with Gasteiger partial charge in [0.15, 0.2) is 6.61 Å². The summed E-state index contributed by atoms with van der Waals surface area (Å²) in [6.07, 6.45) is -4.04. The predicted molar refractivity (Wildman–Crippen MR) is 103 cm³/mol. The number of alkyl halides is 5. The van der Waals surface area contributed by atoms with Crippen molar-refractivity contribution in [3.05, 3.63) is 70.6 Å². The van der Waals surface area contributed by atoms with E-state index in [1.54, 1.807) is 22.9 Å². The van der Waals surface area contributed by atoms with E-state index < -0.39 is 24.3 Å². The number of rotatable bonds is 4. The van der Waals surface area contributed by atoms with Crippen molar-refractivity contribution in [3.63, 3.8) is 0 Å². The van der Waals surface area contributed by atoms with Gasteiger partial charge in [0, 0.05) is 17.3 Å². The fourth-order valence-electron chi connectivity index (χ4n) is 3.33. The van der Waals surface area contributed by atoms with Gasteiger partial charge in [0.1, 0.15) is 5.75 Å². The number of halogens is 5. The first-order chi connectivity index (χ1) is 14.1. The second-order valence-corrected chi connectivity index (χ2v) is 6.86. The smallest absolute Gasteiger partial charge is 0.456 e. The van der Waals surface area contributed by atoms with Crippen LogP contribution in [0.4, 0.5) is 22.0 Å². The molecule has 0 unspecified atom stereocenters. The number of aryl methyl sites for hydroxylation is 1. The monoisotopic (exact) mass is 422 g/mol. The van der Waals surface area contributed by atoms with Crippen molar-refractivity contribution in [3.8, 4) is 11.4 Å². The summed E-state index contributed by atoms with van der Waals surface area (Å²) in [7, 11) is 0. The van der Waals surface area contributed by atoms with Crippen molar-refractivity contribution in [2.24, 2.45) is 0 Å². The van der Waals surface area contributed by atoms with Gasteiger partial charge in [-0.2, -0.15) is 22.0 Å². The number of pyridine rings is 1. The molecule has 9 heteroatoms. The van der Waals surface area contributed by atoms with Crippen LogP contribution in [0.15, 0.2) is 59.5 Å². The van der Waals surface area contributed by atoms with Crippen LogP contribution in [-0.4, -0.2) is 28.3 Å². The Balaban J connectivity index is 1.90. The summed E-state index contributed by atoms with van der Waals surface area (Å²) >= 11 is 0. The minimum Gasteiger partial charge on any atom is -0.485 e. The number of aromatic nitrogens is 2. The second-order valence-electron chi connectivity index (χ2n) is 6.86. The highest BCUT2D eigenvalue weighted by atomic mass is 19.4. The first kappa shape index (κ1) is 19.9. The molecule has 4 nitrogen and oxygen atoms in total. The molecule has 0 saturated carbocycles. The van der Waals surface area contributed by atoms with E-state index in [9.17, 15) is 26.7 Å². The molecule has 1 N–H and O–H groups in total. The van der Waals surface area contributed by atoms with Crippen LogP contribution in [0.25, 0.3) is 27.5 Å². The molecular weight excluding hydrogens is 407 g/mol. The highest BCUT2D eigenvalue weighted by Crippen LogP contribution is 2.37. The number of H-pyrrole nitrogens is 1. The summed E-state index contributed by atoms with van der Waals surface area (Å²) < 4.78 is 70.6. The van der Waals surface area contributed by atoms with Gasteiger partial charge in [0.25, 0.3) is 5.56 Å². The molecule has 0 fully saturated rings. The maximum absolute atomic E-state index is 13.3. The van der Waals surface area contributed by atoms with Gasteiger partial charge in [-0.1, -0.05) is 30.3 Å². The molecular formula is C21H15F5N2O2. The van der Waals surface area contributed by atoms with E-state index in [0.717, 1.165) is 11.3 Å². The Bertz CT molecular complexity index is 1300. The van der Waals surface area contributed by atoms with Gasteiger partial charge in [-0.3, -0.25) is 4.79 Å². The molecule has 0 aliphatic rings. The maximum Gasteiger partial charge on any atom is 0.456 e. The number of para-hydroxylation sites is 2. The zero-order chi connectivity index (χ0) is 21.7. The number of nitrogens with zero attached hydrogens (tertiary/aromatic N) is 1. The van der Waals surface area contributed by atoms with Crippen molar-refractivity contribution in [2.75, 3.05) is 6.61 Å². The SMILES string of the molecule is Cc1ccccc1-n1ccc2c(=O)[nH]c3c(OCC(F)(F)C(F)(F)F)cccc3c21. The van der Waals surface area contributed by atoms with E-state index in [0.29, 0.717) is 16.3 Å². The van der Waals surface area contributed by atoms with Crippen molar-refractivity contribution in [1.82, 2.24) is 9.55 Å². The highest BCUT2D eigenvalue weighted by molar-refractivity contribution is 6.06. The van der Waals surface area contributed by atoms with Gasteiger partial charge >= 0.3 is 12.1 Å². The number of hydrogen-bond donors (Lipinski definition) is 1. The number of nitrogens with one attached hydrogen (secondary N) is 1. The standard InChI is InChI=1S/C21H15F5N2O2/c1-12-5-2-3-7-15(12)28-10-9-14-18(28)13-6-4-8-16(17(13)27-19(14)29)30-11-20(22,23)21(24,25)26/h2-10H,11H2,1H3,(H,27,29). The van der Waals surface area contributed by atoms with E-state index in [2.05, 4.69) is 4.98 Å². The topological polar surface area (TPSA) is 47.0 Å². The van der Waals surface area contributed by atoms with E-state index in [1.165, 1.54) is 12.1 Å². The third kappa shape index (κ3) is 3.20. The largest absolute Gasteiger partial charge is 0.485 e. The molecule has 2 aromatic carbocycles. The summed E-state index contributed by atoms with van der Waals surface area (Å²) in [5, 5.41) is 0.800. The van der Waals surface area contributed by atoms with Crippen LogP contribution in [0.3, 0.4) is 0 Å². The van der Waals surface area contributed by atoms with Gasteiger partial charge in [-0.15, -0.1) is 0 Å². The minimum absolute atomic E-state index is 0.0431. The van der Waals surface area contributed by atoms with E-state index >= 15 is 0 Å². The number of aromatic amines is 1. The van der Waals surface area contributed by atoms with Crippen molar-refractivity contribution >= 4 is 21.8 Å². The molecule has 0 spiro atoms. The van der Waals surface area contributed by atoms with Gasteiger partial charge in [-0.25, -0.2) is 0 Å². The number of hydrogen-bond acceptors (Lipinski definition) is 2. The molecule has 0 atom stereocenters. The van der Waals surface area contributed by atoms with Gasteiger partial charge in [-0.05, 0) is 30.7 Å². The molecule has 0 amide bonds. The van der Waals surface area contributed by atoms with Crippen molar-refractivity contribution in [2.45, 2.75) is 19.0 Å². The van der Waals surface area contributed by atoms with Crippen LogP contribution < -0.4 is 10.3 Å².